The number of halogens is 3. The second-order valence-electron chi connectivity index (χ2n) is 15.2. The Morgan fingerprint density at radius 3 is 2.02 bits per heavy atom. The first-order chi connectivity index (χ1) is 28.1. The van der Waals surface area contributed by atoms with Gasteiger partial charge in [0.2, 0.25) is 5.91 Å². The topological polar surface area (TPSA) is 91.3 Å². The molecule has 0 radical (unpaired) electrons. The minimum atomic E-state index is -5.03. The number of carbonyl (C=O) groups is 2. The average molecular weight is 792 g/mol. The van der Waals surface area contributed by atoms with Crippen molar-refractivity contribution in [3.8, 4) is 11.1 Å². The Morgan fingerprint density at radius 1 is 0.759 bits per heavy atom. The summed E-state index contributed by atoms with van der Waals surface area (Å²) in [4.78, 5) is 27.9. The van der Waals surface area contributed by atoms with Crippen molar-refractivity contribution in [3.05, 3.63) is 167 Å². The molecule has 8 nitrogen and oxygen atoms in total. The molecule has 0 bridgehead atoms. The number of hydrogen-bond acceptors (Lipinski definition) is 6. The molecule has 0 unspecified atom stereocenters. The van der Waals surface area contributed by atoms with Gasteiger partial charge in [-0.1, -0.05) is 128 Å². The summed E-state index contributed by atoms with van der Waals surface area (Å²) >= 11 is 0. The third-order valence-electron chi connectivity index (χ3n) is 11.0. The number of nitrogens with zero attached hydrogens (tertiary/aromatic N) is 2. The lowest BCUT2D eigenvalue weighted by Crippen LogP contribution is -2.50. The maximum Gasteiger partial charge on any atom is 0.471 e. The molecule has 2 saturated heterocycles. The van der Waals surface area contributed by atoms with Gasteiger partial charge in [0.25, 0.3) is 0 Å². The molecule has 2 amide bonds. The van der Waals surface area contributed by atoms with Crippen LogP contribution in [0.1, 0.15) is 65.5 Å². The van der Waals surface area contributed by atoms with E-state index in [-0.39, 0.29) is 44.2 Å². The first-order valence-corrected chi connectivity index (χ1v) is 19.7. The zero-order valence-electron chi connectivity index (χ0n) is 32.4. The molecule has 0 saturated carbocycles. The van der Waals surface area contributed by atoms with Gasteiger partial charge in [-0.05, 0) is 63.9 Å². The molecule has 2 fully saturated rings. The maximum absolute atomic E-state index is 13.1. The fourth-order valence-corrected chi connectivity index (χ4v) is 7.93. The number of aliphatic hydroxyl groups is 1. The predicted molar refractivity (Wildman–Crippen MR) is 214 cm³/mol. The second-order valence-corrected chi connectivity index (χ2v) is 15.2. The third-order valence-corrected chi connectivity index (χ3v) is 11.0. The number of alkyl halides is 3. The van der Waals surface area contributed by atoms with Crippen LogP contribution in [-0.2, 0) is 45.3 Å². The lowest BCUT2D eigenvalue weighted by molar-refractivity contribution is -0.276. The van der Waals surface area contributed by atoms with Crippen LogP contribution in [0.4, 0.5) is 13.2 Å². The third kappa shape index (κ3) is 10.0. The molecular weight excluding hydrogens is 744 g/mol. The number of hydrogen-bond donors (Lipinski definition) is 2. The number of aliphatic hydroxyl groups excluding tert-OH is 1. The van der Waals surface area contributed by atoms with E-state index in [1.54, 1.807) is 0 Å². The molecule has 5 aromatic rings. The maximum atomic E-state index is 13.1. The lowest BCUT2D eigenvalue weighted by Gasteiger charge is -2.43. The van der Waals surface area contributed by atoms with Gasteiger partial charge in [-0.3, -0.25) is 14.5 Å². The summed E-state index contributed by atoms with van der Waals surface area (Å²) in [6.07, 6.45) is -5.74. The van der Waals surface area contributed by atoms with Crippen LogP contribution in [0.25, 0.3) is 11.1 Å². The second kappa shape index (κ2) is 18.5. The van der Waals surface area contributed by atoms with Gasteiger partial charge in [-0.25, -0.2) is 0 Å². The van der Waals surface area contributed by atoms with Crippen LogP contribution >= 0.6 is 0 Å². The van der Waals surface area contributed by atoms with Crippen molar-refractivity contribution in [1.82, 2.24) is 15.1 Å². The number of likely N-dealkylation sites (tertiary alicyclic amines) is 1. The molecule has 7 rings (SSSR count). The van der Waals surface area contributed by atoms with Gasteiger partial charge in [0.1, 0.15) is 6.04 Å². The lowest BCUT2D eigenvalue weighted by atomic mass is 9.89. The molecule has 0 spiro atoms. The van der Waals surface area contributed by atoms with Crippen molar-refractivity contribution >= 4 is 11.8 Å². The Hall–Kier alpha value is -5.33. The fourth-order valence-electron chi connectivity index (χ4n) is 7.93. The van der Waals surface area contributed by atoms with Crippen molar-refractivity contribution in [2.24, 2.45) is 5.92 Å². The van der Waals surface area contributed by atoms with E-state index in [1.807, 2.05) is 84.9 Å². The average Bonchev–Trinajstić information content (AvgIpc) is 3.74. The summed E-state index contributed by atoms with van der Waals surface area (Å²) in [5.74, 6) is -2.62. The van der Waals surface area contributed by atoms with Crippen LogP contribution in [0.2, 0.25) is 0 Å². The molecule has 5 aromatic carbocycles. The fraction of sp³-hybridized carbons (Fsp3) is 0.319. The van der Waals surface area contributed by atoms with Crippen LogP contribution in [0, 0.1) is 5.92 Å². The molecule has 58 heavy (non-hydrogen) atoms. The standard InChI is InChI=1S/C47H48F3N3O5/c1-32-42(30-52(28-33-11-4-2-5-12-33)29-34-13-6-3-7-14-34)57-45(58-43(32)37-22-20-35(31-54)21-23-37)40-18-9-17-39(26-40)38-16-8-15-36(25-38)27-51-44(55)41-19-10-24-53(41)46(56)47(48,49)50/h2-9,11-18,20-23,25-26,32,41-43,45,54H,10,19,24,27-31H2,1H3,(H,51,55)/t32-,41-,42+,43+,45+/m0/s1. The first kappa shape index (κ1) is 40.9. The Balaban J connectivity index is 1.11. The van der Waals surface area contributed by atoms with Gasteiger partial charge in [0.15, 0.2) is 6.29 Å². The predicted octanol–water partition coefficient (Wildman–Crippen LogP) is 8.51. The quantitative estimate of drug-likeness (QED) is 0.124. The molecule has 11 heteroatoms. The number of benzene rings is 5. The Morgan fingerprint density at radius 2 is 1.38 bits per heavy atom. The SMILES string of the molecule is C[C@H]1[C@@H](CN(Cc2ccccc2)Cc2ccccc2)O[C@@H](c2cccc(-c3cccc(CNC(=O)[C@@H]4CCCN4C(=O)C(F)(F)F)c3)c2)O[C@H]1c1ccc(CO)cc1. The van der Waals surface area contributed by atoms with E-state index in [0.717, 1.165) is 46.5 Å². The van der Waals surface area contributed by atoms with Crippen molar-refractivity contribution in [3.63, 3.8) is 0 Å². The van der Waals surface area contributed by atoms with Crippen LogP contribution < -0.4 is 5.32 Å². The summed E-state index contributed by atoms with van der Waals surface area (Å²) in [6, 6.07) is 43.1. The summed E-state index contributed by atoms with van der Waals surface area (Å²) in [5.41, 5.74) is 7.58. The van der Waals surface area contributed by atoms with Crippen LogP contribution in [0.15, 0.2) is 133 Å². The van der Waals surface area contributed by atoms with Gasteiger partial charge in [-0.15, -0.1) is 0 Å². The van der Waals surface area contributed by atoms with E-state index in [9.17, 15) is 27.9 Å². The number of nitrogens with one attached hydrogen (secondary N) is 1. The Labute approximate surface area is 337 Å². The van der Waals surface area contributed by atoms with E-state index >= 15 is 0 Å². The van der Waals surface area contributed by atoms with E-state index in [0.29, 0.717) is 17.9 Å². The van der Waals surface area contributed by atoms with Crippen molar-refractivity contribution in [1.29, 1.82) is 0 Å². The number of ether oxygens (including phenoxy) is 2. The molecule has 2 aliphatic heterocycles. The minimum absolute atomic E-state index is 0.0248. The zero-order valence-corrected chi connectivity index (χ0v) is 32.4. The molecule has 2 N–H and O–H groups in total. The highest BCUT2D eigenvalue weighted by Gasteiger charge is 2.47. The number of amides is 2. The molecule has 302 valence electrons. The monoisotopic (exact) mass is 791 g/mol. The van der Waals surface area contributed by atoms with Gasteiger partial charge in [-0.2, -0.15) is 13.2 Å². The molecule has 2 heterocycles. The van der Waals surface area contributed by atoms with Crippen LogP contribution in [0.5, 0.6) is 0 Å². The first-order valence-electron chi connectivity index (χ1n) is 19.7. The van der Waals surface area contributed by atoms with Crippen molar-refractivity contribution < 1.29 is 37.3 Å². The minimum Gasteiger partial charge on any atom is -0.392 e. The largest absolute Gasteiger partial charge is 0.471 e. The zero-order chi connectivity index (χ0) is 40.6. The Bertz CT molecular complexity index is 2090. The van der Waals surface area contributed by atoms with Crippen LogP contribution in [0.3, 0.4) is 0 Å². The van der Waals surface area contributed by atoms with Gasteiger partial charge in [0, 0.05) is 44.2 Å². The van der Waals surface area contributed by atoms with E-state index in [4.69, 9.17) is 9.47 Å². The summed E-state index contributed by atoms with van der Waals surface area (Å²) in [7, 11) is 0. The summed E-state index contributed by atoms with van der Waals surface area (Å²) in [5, 5.41) is 12.5. The molecular formula is C47H48F3N3O5. The van der Waals surface area contributed by atoms with E-state index in [2.05, 4.69) is 65.7 Å². The number of rotatable bonds is 13. The van der Waals surface area contributed by atoms with Crippen LogP contribution in [-0.4, -0.2) is 58.1 Å². The van der Waals surface area contributed by atoms with Gasteiger partial charge >= 0.3 is 12.1 Å². The normalized spacial score (nSPS) is 20.9. The van der Waals surface area contributed by atoms with Crippen molar-refractivity contribution in [2.45, 2.75) is 76.7 Å². The van der Waals surface area contributed by atoms with E-state index < -0.39 is 30.3 Å². The highest BCUT2D eigenvalue weighted by molar-refractivity contribution is 5.90. The van der Waals surface area contributed by atoms with Crippen molar-refractivity contribution in [2.75, 3.05) is 13.1 Å². The molecule has 5 atom stereocenters. The summed E-state index contributed by atoms with van der Waals surface area (Å²) < 4.78 is 53.2. The van der Waals surface area contributed by atoms with Gasteiger partial charge in [0.05, 0.1) is 18.8 Å². The molecule has 0 aliphatic carbocycles. The number of carbonyl (C=O) groups excluding carboxylic acids is 2. The molecule has 0 aromatic heterocycles. The molecule has 2 aliphatic rings. The summed E-state index contributed by atoms with van der Waals surface area (Å²) in [6.45, 7) is 4.21. The smallest absolute Gasteiger partial charge is 0.392 e. The highest BCUT2D eigenvalue weighted by Crippen LogP contribution is 2.43. The highest BCUT2D eigenvalue weighted by atomic mass is 19.4. The van der Waals surface area contributed by atoms with E-state index in [1.165, 1.54) is 11.1 Å². The van der Waals surface area contributed by atoms with Gasteiger partial charge < -0.3 is 24.8 Å². The Kier molecular flexibility index (Phi) is 13.0.